The maximum absolute atomic E-state index is 11.2. The summed E-state index contributed by atoms with van der Waals surface area (Å²) in [6, 6.07) is 0.361. The van der Waals surface area contributed by atoms with Crippen molar-refractivity contribution < 1.29 is 4.79 Å². The van der Waals surface area contributed by atoms with Crippen LogP contribution in [0.2, 0.25) is 0 Å². The Bertz CT molecular complexity index is 912. The lowest BCUT2D eigenvalue weighted by Gasteiger charge is -2.40. The molecule has 3 rings (SSSR count). The monoisotopic (exact) mass is 423 g/mol. The Morgan fingerprint density at radius 1 is 1.27 bits per heavy atom. The van der Waals surface area contributed by atoms with E-state index in [4.69, 9.17) is 0 Å². The first kappa shape index (κ1) is 22.9. The number of aldehydes is 1. The molecule has 1 aromatic heterocycles. The van der Waals surface area contributed by atoms with Gasteiger partial charge in [0.2, 0.25) is 0 Å². The Morgan fingerprint density at radius 3 is 2.50 bits per heavy atom. The lowest BCUT2D eigenvalue weighted by atomic mass is 9.77. The number of rotatable bonds is 7. The molecule has 0 fully saturated rings. The van der Waals surface area contributed by atoms with E-state index >= 15 is 0 Å². The number of hydrogen-bond acceptors (Lipinski definition) is 2. The van der Waals surface area contributed by atoms with Gasteiger partial charge in [-0.2, -0.15) is 0 Å². The molecule has 2 nitrogen and oxygen atoms in total. The van der Waals surface area contributed by atoms with E-state index in [1.165, 1.54) is 33.1 Å². The molecule has 162 valence electrons. The number of hydrogen-bond donors (Lipinski definition) is 0. The van der Waals surface area contributed by atoms with E-state index in [2.05, 4.69) is 84.0 Å². The molecule has 0 spiro atoms. The van der Waals surface area contributed by atoms with Crippen LogP contribution in [0.5, 0.6) is 0 Å². The van der Waals surface area contributed by atoms with Gasteiger partial charge in [0.1, 0.15) is 6.29 Å². The summed E-state index contributed by atoms with van der Waals surface area (Å²) in [4.78, 5) is 13.6. The fraction of sp³-hybridized carbons (Fsp3) is 0.519. The van der Waals surface area contributed by atoms with Crippen molar-refractivity contribution in [3.05, 3.63) is 63.4 Å². The van der Waals surface area contributed by atoms with E-state index < -0.39 is 0 Å². The molecule has 0 radical (unpaired) electrons. The van der Waals surface area contributed by atoms with Crippen molar-refractivity contribution in [3.63, 3.8) is 0 Å². The van der Waals surface area contributed by atoms with Crippen molar-refractivity contribution in [2.45, 2.75) is 66.8 Å². The number of likely N-dealkylation sites (N-methyl/N-ethyl adjacent to an activating group) is 1. The molecule has 0 aromatic carbocycles. The van der Waals surface area contributed by atoms with Crippen LogP contribution in [0.4, 0.5) is 0 Å². The third-order valence-corrected chi connectivity index (χ3v) is 8.34. The Balaban J connectivity index is 1.94. The van der Waals surface area contributed by atoms with Crippen LogP contribution >= 0.6 is 8.19 Å². The molecule has 4 unspecified atom stereocenters. The average Bonchev–Trinajstić information content (AvgIpc) is 2.99. The second-order valence-corrected chi connectivity index (χ2v) is 11.1. The molecular formula is C27H38NOP. The Hall–Kier alpha value is -1.79. The standard InChI is InChI=1S/C27H38NOP/c1-8-25-19(5)26(20(6)30-25)23-14-18(4)27(28(7)15-23)24(13-17(2)3)22-11-9-21(16-29)10-12-22/h9,11-12,14-17,21,24,27,30H,8,10,13H2,1-7H3. The van der Waals surface area contributed by atoms with Crippen LogP contribution in [0.3, 0.4) is 0 Å². The zero-order chi connectivity index (χ0) is 22.0. The van der Waals surface area contributed by atoms with Crippen LogP contribution in [0.15, 0.2) is 41.7 Å². The molecule has 0 N–H and O–H groups in total. The van der Waals surface area contributed by atoms with Crippen molar-refractivity contribution in [2.24, 2.45) is 17.8 Å². The van der Waals surface area contributed by atoms with E-state index in [-0.39, 0.29) is 5.92 Å². The lowest BCUT2D eigenvalue weighted by Crippen LogP contribution is -2.39. The SMILES string of the molecule is CCc1[pH]c(C)c(C2=CN(C)C(C(CC(C)C)C3=CCC(C=O)C=C3)C(C)=C2)c1C. The highest BCUT2D eigenvalue weighted by atomic mass is 31.0. The number of aryl methyl sites for hydroxylation is 2. The normalized spacial score (nSPS) is 22.9. The molecule has 0 amide bonds. The third kappa shape index (κ3) is 4.59. The highest BCUT2D eigenvalue weighted by Crippen LogP contribution is 2.41. The predicted molar refractivity (Wildman–Crippen MR) is 132 cm³/mol. The van der Waals surface area contributed by atoms with E-state index in [0.717, 1.165) is 33.7 Å². The molecule has 2 aliphatic rings. The van der Waals surface area contributed by atoms with E-state index in [9.17, 15) is 4.79 Å². The summed E-state index contributed by atoms with van der Waals surface area (Å²) < 4.78 is 0. The highest BCUT2D eigenvalue weighted by Gasteiger charge is 2.32. The Labute approximate surface area is 184 Å². The topological polar surface area (TPSA) is 20.3 Å². The summed E-state index contributed by atoms with van der Waals surface area (Å²) in [5, 5.41) is 3.14. The van der Waals surface area contributed by atoms with Gasteiger partial charge < -0.3 is 9.69 Å². The molecule has 0 saturated heterocycles. The third-order valence-electron chi connectivity index (χ3n) is 6.69. The minimum atomic E-state index is 0.0429. The smallest absolute Gasteiger partial charge is 0.127 e. The summed E-state index contributed by atoms with van der Waals surface area (Å²) in [7, 11) is 3.09. The van der Waals surface area contributed by atoms with Gasteiger partial charge in [-0.05, 0) is 84.4 Å². The first-order valence-electron chi connectivity index (χ1n) is 11.4. The fourth-order valence-corrected chi connectivity index (χ4v) is 6.71. The summed E-state index contributed by atoms with van der Waals surface area (Å²) >= 11 is 0. The molecule has 0 saturated carbocycles. The van der Waals surface area contributed by atoms with Crippen LogP contribution in [-0.4, -0.2) is 24.3 Å². The molecular weight excluding hydrogens is 385 g/mol. The molecule has 0 bridgehead atoms. The van der Waals surface area contributed by atoms with Gasteiger partial charge in [0.25, 0.3) is 0 Å². The maximum Gasteiger partial charge on any atom is 0.127 e. The minimum absolute atomic E-state index is 0.0429. The summed E-state index contributed by atoms with van der Waals surface area (Å²) in [5.74, 6) is 1.11. The number of carbonyl (C=O) groups excluding carboxylic acids is 1. The van der Waals surface area contributed by atoms with E-state index in [1.54, 1.807) is 5.30 Å². The fourth-order valence-electron chi connectivity index (χ4n) is 5.31. The van der Waals surface area contributed by atoms with Crippen molar-refractivity contribution in [1.82, 2.24) is 4.90 Å². The van der Waals surface area contributed by atoms with Gasteiger partial charge in [0.15, 0.2) is 0 Å². The van der Waals surface area contributed by atoms with Gasteiger partial charge in [-0.1, -0.05) is 45.1 Å². The number of carbonyl (C=O) groups is 1. The predicted octanol–water partition coefficient (Wildman–Crippen LogP) is 6.86. The van der Waals surface area contributed by atoms with Crippen molar-refractivity contribution in [3.8, 4) is 0 Å². The van der Waals surface area contributed by atoms with Crippen LogP contribution < -0.4 is 0 Å². The quantitative estimate of drug-likeness (QED) is 0.446. The van der Waals surface area contributed by atoms with Gasteiger partial charge in [-0.3, -0.25) is 0 Å². The summed E-state index contributed by atoms with van der Waals surface area (Å²) in [6.45, 7) is 13.8. The Kier molecular flexibility index (Phi) is 7.30. The zero-order valence-corrected chi connectivity index (χ0v) is 20.8. The zero-order valence-electron chi connectivity index (χ0n) is 19.8. The van der Waals surface area contributed by atoms with Crippen LogP contribution in [0, 0.1) is 31.6 Å². The number of allylic oxidation sites excluding steroid dienone is 5. The maximum atomic E-state index is 11.2. The second-order valence-electron chi connectivity index (χ2n) is 9.50. The molecule has 4 atom stereocenters. The van der Waals surface area contributed by atoms with Crippen molar-refractivity contribution >= 4 is 20.1 Å². The van der Waals surface area contributed by atoms with E-state index in [0.29, 0.717) is 17.9 Å². The molecule has 1 aromatic rings. The van der Waals surface area contributed by atoms with Crippen LogP contribution in [-0.2, 0) is 11.2 Å². The van der Waals surface area contributed by atoms with Gasteiger partial charge in [0, 0.05) is 25.1 Å². The molecule has 3 heteroatoms. The van der Waals surface area contributed by atoms with Gasteiger partial charge in [0.05, 0.1) is 6.04 Å². The van der Waals surface area contributed by atoms with Gasteiger partial charge in [-0.15, -0.1) is 8.19 Å². The first-order valence-corrected chi connectivity index (χ1v) is 12.4. The number of nitrogens with zero attached hydrogens (tertiary/aromatic N) is 1. The Morgan fingerprint density at radius 2 is 2.00 bits per heavy atom. The molecule has 2 heterocycles. The summed E-state index contributed by atoms with van der Waals surface area (Å²) in [5.41, 5.74) is 7.17. The average molecular weight is 424 g/mol. The van der Waals surface area contributed by atoms with E-state index in [1.807, 2.05) is 0 Å². The highest BCUT2D eigenvalue weighted by molar-refractivity contribution is 7.32. The molecule has 30 heavy (non-hydrogen) atoms. The summed E-state index contributed by atoms with van der Waals surface area (Å²) in [6.07, 6.45) is 15.6. The van der Waals surface area contributed by atoms with Crippen LogP contribution in [0.25, 0.3) is 5.57 Å². The second kappa shape index (κ2) is 9.56. The minimum Gasteiger partial charge on any atom is -0.373 e. The van der Waals surface area contributed by atoms with Crippen molar-refractivity contribution in [2.75, 3.05) is 7.05 Å². The first-order chi connectivity index (χ1) is 14.3. The molecule has 1 aliphatic carbocycles. The molecule has 1 aliphatic heterocycles. The van der Waals surface area contributed by atoms with Gasteiger partial charge in [-0.25, -0.2) is 0 Å². The van der Waals surface area contributed by atoms with Gasteiger partial charge >= 0.3 is 0 Å². The largest absolute Gasteiger partial charge is 0.373 e. The lowest BCUT2D eigenvalue weighted by molar-refractivity contribution is -0.109. The van der Waals surface area contributed by atoms with Crippen molar-refractivity contribution in [1.29, 1.82) is 0 Å². The van der Waals surface area contributed by atoms with Crippen LogP contribution in [0.1, 0.15) is 62.3 Å².